The molecule has 1 aromatic carbocycles. The molecule has 0 aliphatic heterocycles. The van der Waals surface area contributed by atoms with Crippen molar-refractivity contribution < 1.29 is 13.6 Å². The predicted octanol–water partition coefficient (Wildman–Crippen LogP) is 2.19. The second-order valence-corrected chi connectivity index (χ2v) is 3.50. The van der Waals surface area contributed by atoms with Gasteiger partial charge in [-0.1, -0.05) is 12.1 Å². The number of nitrogens with one attached hydrogen (secondary N) is 1. The van der Waals surface area contributed by atoms with E-state index < -0.39 is 23.2 Å². The van der Waals surface area contributed by atoms with Crippen molar-refractivity contribution >= 4 is 17.4 Å². The zero-order valence-corrected chi connectivity index (χ0v) is 9.15. The molecule has 2 aromatic rings. The number of para-hydroxylation sites is 1. The number of nitrogen functional groups attached to an aromatic ring is 1. The highest BCUT2D eigenvalue weighted by molar-refractivity contribution is 6.03. The molecule has 0 spiro atoms. The number of carbonyl (C=O) groups is 1. The van der Waals surface area contributed by atoms with E-state index in [2.05, 4.69) is 10.3 Å². The Labute approximate surface area is 101 Å². The fourth-order valence-corrected chi connectivity index (χ4v) is 1.37. The fourth-order valence-electron chi connectivity index (χ4n) is 1.37. The predicted molar refractivity (Wildman–Crippen MR) is 63.0 cm³/mol. The summed E-state index contributed by atoms with van der Waals surface area (Å²) in [6, 6.07) is 7.72. The number of anilines is 2. The van der Waals surface area contributed by atoms with Gasteiger partial charge >= 0.3 is 0 Å². The smallest absolute Gasteiger partial charge is 0.274 e. The number of rotatable bonds is 2. The van der Waals surface area contributed by atoms with Crippen molar-refractivity contribution in [2.75, 3.05) is 11.1 Å². The summed E-state index contributed by atoms with van der Waals surface area (Å²) in [6.07, 6.45) is 0. The van der Waals surface area contributed by atoms with E-state index in [1.54, 1.807) is 0 Å². The van der Waals surface area contributed by atoms with Gasteiger partial charge in [-0.3, -0.25) is 4.79 Å². The molecule has 4 nitrogen and oxygen atoms in total. The molecule has 0 unspecified atom stereocenters. The van der Waals surface area contributed by atoms with E-state index in [4.69, 9.17) is 5.73 Å². The minimum atomic E-state index is -0.854. The number of halogens is 2. The van der Waals surface area contributed by atoms with Gasteiger partial charge < -0.3 is 11.1 Å². The zero-order valence-electron chi connectivity index (χ0n) is 9.15. The molecule has 0 saturated heterocycles. The minimum Gasteiger partial charge on any atom is -0.384 e. The molecule has 0 atom stereocenters. The molecule has 1 amide bonds. The molecule has 0 bridgehead atoms. The van der Waals surface area contributed by atoms with Gasteiger partial charge in [0.15, 0.2) is 0 Å². The van der Waals surface area contributed by atoms with Crippen molar-refractivity contribution in [2.45, 2.75) is 0 Å². The van der Waals surface area contributed by atoms with Crippen molar-refractivity contribution in [3.8, 4) is 0 Å². The number of amides is 1. The maximum atomic E-state index is 13.3. The Balaban J connectivity index is 2.27. The van der Waals surface area contributed by atoms with E-state index in [9.17, 15) is 13.6 Å². The zero-order chi connectivity index (χ0) is 13.1. The van der Waals surface area contributed by atoms with Gasteiger partial charge in [0, 0.05) is 0 Å². The largest absolute Gasteiger partial charge is 0.384 e. The van der Waals surface area contributed by atoms with Gasteiger partial charge in [-0.05, 0) is 24.3 Å². The fraction of sp³-hybridized carbons (Fsp3) is 0. The van der Waals surface area contributed by atoms with E-state index >= 15 is 0 Å². The van der Waals surface area contributed by atoms with Crippen LogP contribution in [0.25, 0.3) is 0 Å². The number of aromatic nitrogens is 1. The topological polar surface area (TPSA) is 68.0 Å². The van der Waals surface area contributed by atoms with Crippen LogP contribution < -0.4 is 11.1 Å². The molecular formula is C12H9F2N3O. The summed E-state index contributed by atoms with van der Waals surface area (Å²) in [6.45, 7) is 0. The maximum Gasteiger partial charge on any atom is 0.274 e. The number of pyridine rings is 1. The van der Waals surface area contributed by atoms with Crippen molar-refractivity contribution in [3.05, 3.63) is 53.7 Å². The average molecular weight is 249 g/mol. The summed E-state index contributed by atoms with van der Waals surface area (Å²) in [5.41, 5.74) is 4.89. The van der Waals surface area contributed by atoms with E-state index in [1.807, 2.05) is 0 Å². The first-order valence-electron chi connectivity index (χ1n) is 5.06. The van der Waals surface area contributed by atoms with Gasteiger partial charge in [-0.15, -0.1) is 0 Å². The van der Waals surface area contributed by atoms with Crippen LogP contribution in [0.15, 0.2) is 36.4 Å². The Bertz CT molecular complexity index is 581. The van der Waals surface area contributed by atoms with Crippen LogP contribution in [0.1, 0.15) is 10.5 Å². The Morgan fingerprint density at radius 2 is 1.72 bits per heavy atom. The van der Waals surface area contributed by atoms with E-state index in [-0.39, 0.29) is 11.5 Å². The number of benzene rings is 1. The lowest BCUT2D eigenvalue weighted by Crippen LogP contribution is -2.16. The lowest BCUT2D eigenvalue weighted by atomic mass is 10.2. The summed E-state index contributed by atoms with van der Waals surface area (Å²) in [7, 11) is 0. The van der Waals surface area contributed by atoms with Crippen molar-refractivity contribution in [1.29, 1.82) is 0 Å². The second-order valence-electron chi connectivity index (χ2n) is 3.50. The molecule has 0 fully saturated rings. The van der Waals surface area contributed by atoms with Crippen molar-refractivity contribution in [1.82, 2.24) is 4.98 Å². The molecule has 0 saturated carbocycles. The van der Waals surface area contributed by atoms with Crippen LogP contribution >= 0.6 is 0 Å². The van der Waals surface area contributed by atoms with Gasteiger partial charge in [-0.2, -0.15) is 0 Å². The Kier molecular flexibility index (Phi) is 3.18. The molecule has 1 heterocycles. The van der Waals surface area contributed by atoms with Gasteiger partial charge in [0.1, 0.15) is 28.8 Å². The lowest BCUT2D eigenvalue weighted by molar-refractivity contribution is 0.102. The summed E-state index contributed by atoms with van der Waals surface area (Å²) >= 11 is 0. The lowest BCUT2D eigenvalue weighted by Gasteiger charge is -2.07. The normalized spacial score (nSPS) is 10.1. The Morgan fingerprint density at radius 1 is 1.11 bits per heavy atom. The van der Waals surface area contributed by atoms with Crippen LogP contribution in [0.4, 0.5) is 20.3 Å². The second kappa shape index (κ2) is 4.79. The monoisotopic (exact) mass is 249 g/mol. The molecule has 3 N–H and O–H groups in total. The quantitative estimate of drug-likeness (QED) is 0.857. The number of hydrogen-bond acceptors (Lipinski definition) is 3. The summed E-state index contributed by atoms with van der Waals surface area (Å²) in [5, 5.41) is 2.12. The molecule has 2 rings (SSSR count). The standard InChI is InChI=1S/C12H9F2N3O/c13-7-3-1-4-8(14)11(7)17-12(18)9-5-2-6-10(15)16-9/h1-6H,(H2,15,16)(H,17,18). The van der Waals surface area contributed by atoms with Crippen LogP contribution in [0.5, 0.6) is 0 Å². The molecule has 0 aliphatic rings. The first-order chi connectivity index (χ1) is 8.58. The third-order valence-electron chi connectivity index (χ3n) is 2.20. The van der Waals surface area contributed by atoms with Gasteiger partial charge in [0.05, 0.1) is 0 Å². The highest BCUT2D eigenvalue weighted by Gasteiger charge is 2.14. The molecule has 1 aromatic heterocycles. The van der Waals surface area contributed by atoms with Gasteiger partial charge in [0.25, 0.3) is 5.91 Å². The van der Waals surface area contributed by atoms with E-state index in [0.29, 0.717) is 0 Å². The van der Waals surface area contributed by atoms with Gasteiger partial charge in [0.2, 0.25) is 0 Å². The van der Waals surface area contributed by atoms with Crippen LogP contribution in [0.2, 0.25) is 0 Å². The van der Waals surface area contributed by atoms with Crippen LogP contribution in [-0.2, 0) is 0 Å². The number of hydrogen-bond donors (Lipinski definition) is 2. The molecule has 0 radical (unpaired) electrons. The first-order valence-corrected chi connectivity index (χ1v) is 5.06. The minimum absolute atomic E-state index is 0.0161. The highest BCUT2D eigenvalue weighted by atomic mass is 19.1. The van der Waals surface area contributed by atoms with Gasteiger partial charge in [-0.25, -0.2) is 13.8 Å². The third-order valence-corrected chi connectivity index (χ3v) is 2.20. The van der Waals surface area contributed by atoms with Crippen LogP contribution in [0, 0.1) is 11.6 Å². The Hall–Kier alpha value is -2.50. The maximum absolute atomic E-state index is 13.3. The van der Waals surface area contributed by atoms with Crippen molar-refractivity contribution in [2.24, 2.45) is 0 Å². The number of nitrogens with two attached hydrogens (primary N) is 1. The summed E-state index contributed by atoms with van der Waals surface area (Å²) < 4.78 is 26.6. The molecule has 6 heteroatoms. The molecular weight excluding hydrogens is 240 g/mol. The summed E-state index contributed by atoms with van der Waals surface area (Å²) in [4.78, 5) is 15.5. The van der Waals surface area contributed by atoms with E-state index in [0.717, 1.165) is 12.1 Å². The highest BCUT2D eigenvalue weighted by Crippen LogP contribution is 2.18. The number of nitrogens with zero attached hydrogens (tertiary/aromatic N) is 1. The first kappa shape index (κ1) is 12.0. The van der Waals surface area contributed by atoms with Crippen LogP contribution in [-0.4, -0.2) is 10.9 Å². The average Bonchev–Trinajstić information content (AvgIpc) is 2.34. The van der Waals surface area contributed by atoms with Crippen molar-refractivity contribution in [3.63, 3.8) is 0 Å². The molecule has 18 heavy (non-hydrogen) atoms. The molecule has 0 aliphatic carbocycles. The number of carbonyl (C=O) groups excluding carboxylic acids is 1. The SMILES string of the molecule is Nc1cccc(C(=O)Nc2c(F)cccc2F)n1. The van der Waals surface area contributed by atoms with E-state index in [1.165, 1.54) is 24.3 Å². The van der Waals surface area contributed by atoms with Crippen LogP contribution in [0.3, 0.4) is 0 Å². The Morgan fingerprint density at radius 3 is 2.33 bits per heavy atom. The third kappa shape index (κ3) is 2.42. The molecule has 92 valence electrons. The summed E-state index contributed by atoms with van der Waals surface area (Å²) in [5.74, 6) is -2.29.